The SMILES string of the molecule is O=C(c1cccc(F)c1-n1nccn1)N1C2CCC1C(COc1cccc(C(F)(F)F)n1)C2. The van der Waals surface area contributed by atoms with Gasteiger partial charge in [-0.3, -0.25) is 4.79 Å². The highest BCUT2D eigenvalue weighted by atomic mass is 19.4. The topological polar surface area (TPSA) is 73.1 Å². The Morgan fingerprint density at radius 3 is 2.61 bits per heavy atom. The highest BCUT2D eigenvalue weighted by Crippen LogP contribution is 2.43. The molecule has 2 saturated heterocycles. The number of carbonyl (C=O) groups excluding carboxylic acids is 1. The van der Waals surface area contributed by atoms with Crippen LogP contribution in [-0.4, -0.2) is 49.5 Å². The Morgan fingerprint density at radius 2 is 1.85 bits per heavy atom. The number of benzene rings is 1. The summed E-state index contributed by atoms with van der Waals surface area (Å²) < 4.78 is 58.9. The summed E-state index contributed by atoms with van der Waals surface area (Å²) in [5.41, 5.74) is -0.875. The van der Waals surface area contributed by atoms with E-state index in [1.54, 1.807) is 11.0 Å². The zero-order valence-corrected chi connectivity index (χ0v) is 17.2. The van der Waals surface area contributed by atoms with Gasteiger partial charge in [-0.15, -0.1) is 4.80 Å². The van der Waals surface area contributed by atoms with E-state index in [4.69, 9.17) is 4.74 Å². The maximum Gasteiger partial charge on any atom is 0.433 e. The minimum Gasteiger partial charge on any atom is -0.477 e. The van der Waals surface area contributed by atoms with Crippen molar-refractivity contribution in [2.24, 2.45) is 5.92 Å². The molecule has 11 heteroatoms. The number of alkyl halides is 3. The third-order valence-electron chi connectivity index (χ3n) is 6.20. The molecule has 4 heterocycles. The molecule has 2 aliphatic heterocycles. The molecule has 2 aromatic heterocycles. The number of amides is 1. The van der Waals surface area contributed by atoms with Gasteiger partial charge >= 0.3 is 6.18 Å². The van der Waals surface area contributed by atoms with Crippen molar-refractivity contribution in [1.82, 2.24) is 24.9 Å². The minimum atomic E-state index is -4.55. The molecule has 0 spiro atoms. The second kappa shape index (κ2) is 8.13. The van der Waals surface area contributed by atoms with Crippen LogP contribution >= 0.6 is 0 Å². The molecule has 1 aromatic carbocycles. The number of hydrogen-bond donors (Lipinski definition) is 0. The summed E-state index contributed by atoms with van der Waals surface area (Å²) in [6.07, 6.45) is 0.441. The lowest BCUT2D eigenvalue weighted by Gasteiger charge is -2.25. The molecule has 2 bridgehead atoms. The zero-order valence-electron chi connectivity index (χ0n) is 17.2. The number of rotatable bonds is 5. The average molecular weight is 461 g/mol. The van der Waals surface area contributed by atoms with Crippen molar-refractivity contribution < 1.29 is 27.1 Å². The van der Waals surface area contributed by atoms with Crippen molar-refractivity contribution in [3.05, 3.63) is 65.9 Å². The number of nitrogens with zero attached hydrogens (tertiary/aromatic N) is 5. The summed E-state index contributed by atoms with van der Waals surface area (Å²) in [5, 5.41) is 7.92. The molecule has 5 rings (SSSR count). The van der Waals surface area contributed by atoms with Crippen molar-refractivity contribution in [2.75, 3.05) is 6.61 Å². The Balaban J connectivity index is 1.34. The van der Waals surface area contributed by atoms with Gasteiger partial charge in [0.2, 0.25) is 5.88 Å². The van der Waals surface area contributed by atoms with E-state index in [0.29, 0.717) is 6.42 Å². The van der Waals surface area contributed by atoms with Crippen LogP contribution in [0.15, 0.2) is 48.8 Å². The summed E-state index contributed by atoms with van der Waals surface area (Å²) in [6.45, 7) is 0.135. The van der Waals surface area contributed by atoms with E-state index in [2.05, 4.69) is 15.2 Å². The van der Waals surface area contributed by atoms with Crippen LogP contribution in [0.3, 0.4) is 0 Å². The van der Waals surface area contributed by atoms with Gasteiger partial charge in [0.05, 0.1) is 24.6 Å². The first-order valence-corrected chi connectivity index (χ1v) is 10.5. The van der Waals surface area contributed by atoms with Gasteiger partial charge in [-0.1, -0.05) is 12.1 Å². The maximum absolute atomic E-state index is 14.6. The fourth-order valence-electron chi connectivity index (χ4n) is 4.82. The minimum absolute atomic E-state index is 0.0141. The highest BCUT2D eigenvalue weighted by Gasteiger charge is 2.49. The first-order valence-electron chi connectivity index (χ1n) is 10.5. The van der Waals surface area contributed by atoms with Gasteiger partial charge in [-0.05, 0) is 37.5 Å². The number of aromatic nitrogens is 4. The molecule has 0 N–H and O–H groups in total. The number of fused-ring (bicyclic) bond motifs is 2. The van der Waals surface area contributed by atoms with E-state index in [-0.39, 0.29) is 47.6 Å². The van der Waals surface area contributed by atoms with Gasteiger partial charge in [0.1, 0.15) is 11.4 Å². The molecule has 172 valence electrons. The molecule has 2 fully saturated rings. The predicted octanol–water partition coefficient (Wildman–Crippen LogP) is 3.89. The van der Waals surface area contributed by atoms with Crippen LogP contribution < -0.4 is 4.74 Å². The molecule has 0 aliphatic carbocycles. The third-order valence-corrected chi connectivity index (χ3v) is 6.20. The molecular formula is C22H19F4N5O2. The summed E-state index contributed by atoms with van der Waals surface area (Å²) >= 11 is 0. The molecule has 0 saturated carbocycles. The second-order valence-corrected chi connectivity index (χ2v) is 8.13. The first kappa shape index (κ1) is 21.4. The number of para-hydroxylation sites is 1. The Morgan fingerprint density at radius 1 is 1.09 bits per heavy atom. The predicted molar refractivity (Wildman–Crippen MR) is 107 cm³/mol. The van der Waals surface area contributed by atoms with E-state index >= 15 is 0 Å². The molecule has 3 aromatic rings. The fourth-order valence-corrected chi connectivity index (χ4v) is 4.82. The van der Waals surface area contributed by atoms with E-state index in [1.165, 1.54) is 36.7 Å². The van der Waals surface area contributed by atoms with E-state index in [0.717, 1.165) is 23.7 Å². The molecule has 0 radical (unpaired) electrons. The lowest BCUT2D eigenvalue weighted by molar-refractivity contribution is -0.141. The lowest BCUT2D eigenvalue weighted by atomic mass is 9.90. The summed E-state index contributed by atoms with van der Waals surface area (Å²) in [5.74, 6) is -1.11. The van der Waals surface area contributed by atoms with Crippen molar-refractivity contribution in [2.45, 2.75) is 37.5 Å². The standard InChI is InChI=1S/C22H19F4N5O2/c23-16-4-1-3-15(20(16)31-27-9-10-28-31)21(32)30-14-7-8-17(30)13(11-14)12-33-19-6-2-5-18(29-19)22(24,25)26/h1-6,9-10,13-14,17H,7-8,11-12H2. The first-order chi connectivity index (χ1) is 15.8. The van der Waals surface area contributed by atoms with E-state index in [1.807, 2.05) is 0 Å². The second-order valence-electron chi connectivity index (χ2n) is 8.13. The van der Waals surface area contributed by atoms with Crippen LogP contribution in [0.5, 0.6) is 5.88 Å². The monoisotopic (exact) mass is 461 g/mol. The van der Waals surface area contributed by atoms with Crippen molar-refractivity contribution in [3.63, 3.8) is 0 Å². The van der Waals surface area contributed by atoms with Crippen LogP contribution in [0.1, 0.15) is 35.3 Å². The molecule has 2 aliphatic rings. The average Bonchev–Trinajstić information content (AvgIpc) is 3.53. The normalized spacial score (nSPS) is 22.1. The molecule has 33 heavy (non-hydrogen) atoms. The van der Waals surface area contributed by atoms with Crippen molar-refractivity contribution >= 4 is 5.91 Å². The van der Waals surface area contributed by atoms with Crippen LogP contribution in [0.25, 0.3) is 5.69 Å². The number of carbonyl (C=O) groups is 1. The maximum atomic E-state index is 14.6. The lowest BCUT2D eigenvalue weighted by Crippen LogP contribution is -2.38. The van der Waals surface area contributed by atoms with Gasteiger partial charge < -0.3 is 9.64 Å². The number of hydrogen-bond acceptors (Lipinski definition) is 5. The van der Waals surface area contributed by atoms with Crippen LogP contribution in [0.4, 0.5) is 17.6 Å². The zero-order chi connectivity index (χ0) is 23.2. The molecule has 3 atom stereocenters. The Hall–Kier alpha value is -3.50. The van der Waals surface area contributed by atoms with E-state index < -0.39 is 17.7 Å². The van der Waals surface area contributed by atoms with Crippen molar-refractivity contribution in [1.29, 1.82) is 0 Å². The number of halogens is 4. The Kier molecular flexibility index (Phi) is 5.26. The highest BCUT2D eigenvalue weighted by molar-refractivity contribution is 5.98. The summed E-state index contributed by atoms with van der Waals surface area (Å²) in [4.78, 5) is 19.8. The van der Waals surface area contributed by atoms with Crippen LogP contribution in [0, 0.1) is 11.7 Å². The van der Waals surface area contributed by atoms with Gasteiger partial charge in [-0.2, -0.15) is 23.4 Å². The molecule has 7 nitrogen and oxygen atoms in total. The van der Waals surface area contributed by atoms with Crippen LogP contribution in [-0.2, 0) is 6.18 Å². The van der Waals surface area contributed by atoms with Crippen molar-refractivity contribution in [3.8, 4) is 11.6 Å². The van der Waals surface area contributed by atoms with E-state index in [9.17, 15) is 22.4 Å². The number of ether oxygens (including phenoxy) is 1. The summed E-state index contributed by atoms with van der Waals surface area (Å²) in [6, 6.07) is 7.55. The van der Waals surface area contributed by atoms with Gasteiger partial charge in [0, 0.05) is 24.1 Å². The summed E-state index contributed by atoms with van der Waals surface area (Å²) in [7, 11) is 0. The van der Waals surface area contributed by atoms with Crippen LogP contribution in [0.2, 0.25) is 0 Å². The largest absolute Gasteiger partial charge is 0.477 e. The quantitative estimate of drug-likeness (QED) is 0.539. The molecule has 3 unspecified atom stereocenters. The molecule has 1 amide bonds. The molecular weight excluding hydrogens is 442 g/mol. The van der Waals surface area contributed by atoms with Gasteiger partial charge in [0.15, 0.2) is 5.82 Å². The fraction of sp³-hybridized carbons (Fsp3) is 0.364. The Bertz CT molecular complexity index is 1170. The van der Waals surface area contributed by atoms with Gasteiger partial charge in [-0.25, -0.2) is 9.37 Å². The third kappa shape index (κ3) is 3.91. The Labute approximate surface area is 186 Å². The smallest absolute Gasteiger partial charge is 0.433 e. The number of pyridine rings is 1. The van der Waals surface area contributed by atoms with Gasteiger partial charge in [0.25, 0.3) is 5.91 Å².